The van der Waals surface area contributed by atoms with Crippen LogP contribution in [-0.4, -0.2) is 17.8 Å². The van der Waals surface area contributed by atoms with Gasteiger partial charge in [0, 0.05) is 11.9 Å². The highest BCUT2D eigenvalue weighted by molar-refractivity contribution is 9.09. The van der Waals surface area contributed by atoms with Crippen molar-refractivity contribution in [3.05, 3.63) is 34.3 Å². The molecule has 0 heterocycles. The lowest BCUT2D eigenvalue weighted by atomic mass is 10.1. The minimum Gasteiger partial charge on any atom is -0.352 e. The largest absolute Gasteiger partial charge is 0.352 e. The van der Waals surface area contributed by atoms with Crippen molar-refractivity contribution in [2.75, 3.05) is 11.9 Å². The zero-order valence-corrected chi connectivity index (χ0v) is 11.6. The lowest BCUT2D eigenvalue weighted by Gasteiger charge is -2.06. The number of hydrogen-bond donors (Lipinski definition) is 1. The van der Waals surface area contributed by atoms with Crippen molar-refractivity contribution in [1.82, 2.24) is 5.32 Å². The number of alkyl halides is 1. The quantitative estimate of drug-likeness (QED) is 0.654. The molecule has 0 aliphatic heterocycles. The predicted octanol–water partition coefficient (Wildman–Crippen LogP) is 3.55. The molecular formula is C12H15BrClNO. The number of hydrogen-bond acceptors (Lipinski definition) is 1. The van der Waals surface area contributed by atoms with Gasteiger partial charge in [0.1, 0.15) is 0 Å². The number of aryl methyl sites for hydroxylation is 1. The Balaban J connectivity index is 2.53. The number of benzene rings is 1. The van der Waals surface area contributed by atoms with Gasteiger partial charge in [-0.25, -0.2) is 0 Å². The monoisotopic (exact) mass is 303 g/mol. The van der Waals surface area contributed by atoms with Gasteiger partial charge in [-0.15, -0.1) is 0 Å². The summed E-state index contributed by atoms with van der Waals surface area (Å²) < 4.78 is 0. The number of carbonyl (C=O) groups excluding carboxylic acids is 1. The van der Waals surface area contributed by atoms with Gasteiger partial charge in [-0.1, -0.05) is 33.6 Å². The average Bonchev–Trinajstić information content (AvgIpc) is 2.24. The molecule has 1 aromatic carbocycles. The van der Waals surface area contributed by atoms with E-state index in [1.165, 1.54) is 0 Å². The lowest BCUT2D eigenvalue weighted by Crippen LogP contribution is -2.24. The van der Waals surface area contributed by atoms with Gasteiger partial charge in [-0.2, -0.15) is 0 Å². The number of rotatable bonds is 5. The number of nitrogens with one attached hydrogen (secondary N) is 1. The maximum atomic E-state index is 11.7. The van der Waals surface area contributed by atoms with Gasteiger partial charge in [-0.3, -0.25) is 4.79 Å². The van der Waals surface area contributed by atoms with E-state index in [0.29, 0.717) is 17.1 Å². The van der Waals surface area contributed by atoms with Gasteiger partial charge in [0.25, 0.3) is 5.91 Å². The molecule has 2 nitrogen and oxygen atoms in total. The Morgan fingerprint density at radius 3 is 2.81 bits per heavy atom. The van der Waals surface area contributed by atoms with Crippen molar-refractivity contribution in [2.24, 2.45) is 0 Å². The molecule has 0 aromatic heterocycles. The van der Waals surface area contributed by atoms with Crippen LogP contribution >= 0.6 is 27.5 Å². The van der Waals surface area contributed by atoms with Crippen LogP contribution in [0, 0.1) is 6.92 Å². The Morgan fingerprint density at radius 1 is 1.44 bits per heavy atom. The highest BCUT2D eigenvalue weighted by Gasteiger charge is 2.08. The fourth-order valence-electron chi connectivity index (χ4n) is 1.32. The minimum absolute atomic E-state index is 0.0976. The summed E-state index contributed by atoms with van der Waals surface area (Å²) in [5.41, 5.74) is 1.60. The van der Waals surface area contributed by atoms with Crippen molar-refractivity contribution in [3.8, 4) is 0 Å². The van der Waals surface area contributed by atoms with Crippen LogP contribution in [0.1, 0.15) is 28.8 Å². The molecule has 1 amide bonds. The zero-order chi connectivity index (χ0) is 12.0. The highest BCUT2D eigenvalue weighted by atomic mass is 79.9. The smallest absolute Gasteiger partial charge is 0.252 e. The van der Waals surface area contributed by atoms with Crippen molar-refractivity contribution in [1.29, 1.82) is 0 Å². The predicted molar refractivity (Wildman–Crippen MR) is 71.6 cm³/mol. The fourth-order valence-corrected chi connectivity index (χ4v) is 2.04. The zero-order valence-electron chi connectivity index (χ0n) is 9.22. The van der Waals surface area contributed by atoms with Gasteiger partial charge in [0.2, 0.25) is 0 Å². The molecule has 0 atom stereocenters. The summed E-state index contributed by atoms with van der Waals surface area (Å²) in [6.45, 7) is 2.64. The number of carbonyl (C=O) groups is 1. The van der Waals surface area contributed by atoms with Crippen LogP contribution < -0.4 is 5.32 Å². The Morgan fingerprint density at radius 2 is 2.19 bits per heavy atom. The summed E-state index contributed by atoms with van der Waals surface area (Å²) in [7, 11) is 0. The Hall–Kier alpha value is -0.540. The molecule has 16 heavy (non-hydrogen) atoms. The van der Waals surface area contributed by atoms with E-state index in [0.717, 1.165) is 23.7 Å². The molecule has 0 spiro atoms. The van der Waals surface area contributed by atoms with Crippen LogP contribution in [0.2, 0.25) is 5.02 Å². The number of unbranched alkanes of at least 4 members (excludes halogenated alkanes) is 1. The van der Waals surface area contributed by atoms with E-state index in [2.05, 4.69) is 21.2 Å². The van der Waals surface area contributed by atoms with Crippen LogP contribution in [0.5, 0.6) is 0 Å². The van der Waals surface area contributed by atoms with E-state index in [4.69, 9.17) is 11.6 Å². The molecule has 0 saturated carbocycles. The first-order chi connectivity index (χ1) is 7.65. The van der Waals surface area contributed by atoms with E-state index >= 15 is 0 Å². The van der Waals surface area contributed by atoms with Crippen molar-refractivity contribution >= 4 is 33.4 Å². The molecule has 4 heteroatoms. The summed E-state index contributed by atoms with van der Waals surface area (Å²) >= 11 is 9.34. The third-order valence-electron chi connectivity index (χ3n) is 2.22. The summed E-state index contributed by atoms with van der Waals surface area (Å²) in [4.78, 5) is 11.7. The summed E-state index contributed by atoms with van der Waals surface area (Å²) in [6, 6.07) is 5.45. The normalized spacial score (nSPS) is 10.2. The van der Waals surface area contributed by atoms with Crippen molar-refractivity contribution in [3.63, 3.8) is 0 Å². The van der Waals surface area contributed by atoms with Gasteiger partial charge >= 0.3 is 0 Å². The van der Waals surface area contributed by atoms with Crippen LogP contribution in [-0.2, 0) is 0 Å². The molecule has 0 fully saturated rings. The second kappa shape index (κ2) is 6.92. The number of halogens is 2. The highest BCUT2D eigenvalue weighted by Crippen LogP contribution is 2.17. The Labute approximate surface area is 110 Å². The molecule has 0 radical (unpaired) electrons. The van der Waals surface area contributed by atoms with Gasteiger partial charge < -0.3 is 5.32 Å². The maximum absolute atomic E-state index is 11.7. The molecule has 0 aliphatic carbocycles. The second-order valence-electron chi connectivity index (χ2n) is 3.64. The Kier molecular flexibility index (Phi) is 5.85. The summed E-state index contributed by atoms with van der Waals surface area (Å²) in [5.74, 6) is -0.0976. The van der Waals surface area contributed by atoms with Crippen LogP contribution in [0.4, 0.5) is 0 Å². The topological polar surface area (TPSA) is 29.1 Å². The lowest BCUT2D eigenvalue weighted by molar-refractivity contribution is 0.0953. The molecule has 1 N–H and O–H groups in total. The molecule has 88 valence electrons. The first-order valence-electron chi connectivity index (χ1n) is 5.25. The van der Waals surface area contributed by atoms with Crippen LogP contribution in [0.25, 0.3) is 0 Å². The fraction of sp³-hybridized carbons (Fsp3) is 0.417. The van der Waals surface area contributed by atoms with Gasteiger partial charge in [0.05, 0.1) is 10.6 Å². The second-order valence-corrected chi connectivity index (χ2v) is 4.84. The molecular weight excluding hydrogens is 289 g/mol. The summed E-state index contributed by atoms with van der Waals surface area (Å²) in [5, 5.41) is 4.33. The van der Waals surface area contributed by atoms with Crippen LogP contribution in [0.15, 0.2) is 18.2 Å². The number of amides is 1. The SMILES string of the molecule is Cc1ccc(C(=O)NCCCCBr)c(Cl)c1. The van der Waals surface area contributed by atoms with E-state index in [-0.39, 0.29) is 5.91 Å². The van der Waals surface area contributed by atoms with E-state index in [9.17, 15) is 4.79 Å². The summed E-state index contributed by atoms with van der Waals surface area (Å²) in [6.07, 6.45) is 2.03. The standard InChI is InChI=1S/C12H15BrClNO/c1-9-4-5-10(11(14)8-9)12(16)15-7-3-2-6-13/h4-5,8H,2-3,6-7H2,1H3,(H,15,16). The molecule has 0 saturated heterocycles. The van der Waals surface area contributed by atoms with Crippen molar-refractivity contribution < 1.29 is 4.79 Å². The van der Waals surface area contributed by atoms with Gasteiger partial charge in [-0.05, 0) is 37.5 Å². The van der Waals surface area contributed by atoms with E-state index in [1.54, 1.807) is 12.1 Å². The first kappa shape index (κ1) is 13.5. The van der Waals surface area contributed by atoms with E-state index < -0.39 is 0 Å². The maximum Gasteiger partial charge on any atom is 0.252 e. The third kappa shape index (κ3) is 4.14. The van der Waals surface area contributed by atoms with Crippen LogP contribution in [0.3, 0.4) is 0 Å². The molecule has 1 rings (SSSR count). The average molecular weight is 305 g/mol. The molecule has 0 unspecified atom stereocenters. The minimum atomic E-state index is -0.0976. The first-order valence-corrected chi connectivity index (χ1v) is 6.75. The van der Waals surface area contributed by atoms with Crippen molar-refractivity contribution in [2.45, 2.75) is 19.8 Å². The molecule has 0 bridgehead atoms. The molecule has 1 aromatic rings. The Bertz CT molecular complexity index is 368. The van der Waals surface area contributed by atoms with E-state index in [1.807, 2.05) is 13.0 Å². The van der Waals surface area contributed by atoms with Gasteiger partial charge in [0.15, 0.2) is 0 Å². The third-order valence-corrected chi connectivity index (χ3v) is 3.09. The molecule has 0 aliphatic rings.